The molecular formula is C29H33Cl2N3O4S. The van der Waals surface area contributed by atoms with Crippen LogP contribution in [0.4, 0.5) is 5.69 Å². The number of carbonyl (C=O) groups is 2. The number of benzene rings is 3. The SMILES string of the molecule is Cc1ccc(CN(C(=O)CN(c2ccc(Cl)cc2Cl)S(=O)(=O)c2ccccc2)[C@H](C)C(=O)NCC(C)C)cc1. The van der Waals surface area contributed by atoms with E-state index in [4.69, 9.17) is 23.2 Å². The smallest absolute Gasteiger partial charge is 0.264 e. The number of sulfonamides is 1. The van der Waals surface area contributed by atoms with Crippen molar-refractivity contribution in [3.63, 3.8) is 0 Å². The molecule has 10 heteroatoms. The van der Waals surface area contributed by atoms with Crippen molar-refractivity contribution in [3.8, 4) is 0 Å². The number of carbonyl (C=O) groups excluding carboxylic acids is 2. The number of nitrogens with zero attached hydrogens (tertiary/aromatic N) is 2. The van der Waals surface area contributed by atoms with Gasteiger partial charge in [-0.25, -0.2) is 8.42 Å². The summed E-state index contributed by atoms with van der Waals surface area (Å²) in [6.07, 6.45) is 0. The Balaban J connectivity index is 2.03. The molecule has 0 spiro atoms. The Morgan fingerprint density at radius 3 is 2.15 bits per heavy atom. The second-order valence-corrected chi connectivity index (χ2v) is 12.4. The molecule has 0 heterocycles. The zero-order chi connectivity index (χ0) is 28.7. The van der Waals surface area contributed by atoms with Crippen LogP contribution < -0.4 is 9.62 Å². The van der Waals surface area contributed by atoms with Crippen LogP contribution in [0.25, 0.3) is 0 Å². The quantitative estimate of drug-likeness (QED) is 0.311. The molecule has 0 aromatic heterocycles. The van der Waals surface area contributed by atoms with E-state index < -0.39 is 28.5 Å². The Labute approximate surface area is 240 Å². The van der Waals surface area contributed by atoms with E-state index in [1.165, 1.54) is 35.2 Å². The van der Waals surface area contributed by atoms with Crippen molar-refractivity contribution in [2.45, 2.75) is 45.2 Å². The number of rotatable bonds is 11. The second-order valence-electron chi connectivity index (χ2n) is 9.74. The average molecular weight is 591 g/mol. The number of hydrogen-bond acceptors (Lipinski definition) is 4. The van der Waals surface area contributed by atoms with Crippen LogP contribution in [0.5, 0.6) is 0 Å². The number of hydrogen-bond donors (Lipinski definition) is 1. The highest BCUT2D eigenvalue weighted by atomic mass is 35.5. The molecule has 3 aromatic rings. The highest BCUT2D eigenvalue weighted by Crippen LogP contribution is 2.33. The van der Waals surface area contributed by atoms with Crippen molar-refractivity contribution in [2.24, 2.45) is 5.92 Å². The predicted octanol–water partition coefficient (Wildman–Crippen LogP) is 5.69. The molecule has 208 valence electrons. The molecular weight excluding hydrogens is 557 g/mol. The molecule has 0 fully saturated rings. The largest absolute Gasteiger partial charge is 0.354 e. The Morgan fingerprint density at radius 1 is 0.923 bits per heavy atom. The summed E-state index contributed by atoms with van der Waals surface area (Å²) in [5, 5.41) is 3.26. The van der Waals surface area contributed by atoms with Crippen molar-refractivity contribution in [3.05, 3.63) is 94.0 Å². The number of aryl methyl sites for hydroxylation is 1. The summed E-state index contributed by atoms with van der Waals surface area (Å²) in [4.78, 5) is 28.3. The van der Waals surface area contributed by atoms with Gasteiger partial charge in [0.05, 0.1) is 15.6 Å². The molecule has 0 aliphatic carbocycles. The molecule has 0 aliphatic rings. The van der Waals surface area contributed by atoms with E-state index in [-0.39, 0.29) is 34.0 Å². The lowest BCUT2D eigenvalue weighted by Crippen LogP contribution is -2.51. The Hall–Kier alpha value is -3.07. The van der Waals surface area contributed by atoms with Gasteiger partial charge in [-0.05, 0) is 55.7 Å². The van der Waals surface area contributed by atoms with Crippen molar-refractivity contribution in [1.29, 1.82) is 0 Å². The van der Waals surface area contributed by atoms with Gasteiger partial charge in [-0.2, -0.15) is 0 Å². The van der Waals surface area contributed by atoms with E-state index in [9.17, 15) is 18.0 Å². The van der Waals surface area contributed by atoms with Crippen LogP contribution in [0.1, 0.15) is 31.9 Å². The third kappa shape index (κ3) is 7.97. The van der Waals surface area contributed by atoms with Gasteiger partial charge >= 0.3 is 0 Å². The zero-order valence-corrected chi connectivity index (χ0v) is 24.7. The average Bonchev–Trinajstić information content (AvgIpc) is 2.90. The number of halogens is 2. The standard InChI is InChI=1S/C29H33Cl2N3O4S/c1-20(2)17-32-29(36)22(4)33(18-23-12-10-21(3)11-13-23)28(35)19-34(27-15-14-24(30)16-26(27)31)39(37,38)25-8-6-5-7-9-25/h5-16,20,22H,17-19H2,1-4H3,(H,32,36)/t22-/m1/s1. The van der Waals surface area contributed by atoms with Gasteiger partial charge in [0.25, 0.3) is 10.0 Å². The van der Waals surface area contributed by atoms with Gasteiger partial charge < -0.3 is 10.2 Å². The van der Waals surface area contributed by atoms with Crippen LogP contribution in [0.3, 0.4) is 0 Å². The molecule has 0 aliphatic heterocycles. The Kier molecular flexibility index (Phi) is 10.4. The molecule has 0 saturated heterocycles. The molecule has 0 radical (unpaired) electrons. The normalized spacial score (nSPS) is 12.2. The first-order valence-electron chi connectivity index (χ1n) is 12.6. The highest BCUT2D eigenvalue weighted by Gasteiger charge is 2.33. The molecule has 0 saturated carbocycles. The molecule has 2 amide bonds. The van der Waals surface area contributed by atoms with Crippen molar-refractivity contribution in [2.75, 3.05) is 17.4 Å². The van der Waals surface area contributed by atoms with Gasteiger partial charge in [0, 0.05) is 18.1 Å². The zero-order valence-electron chi connectivity index (χ0n) is 22.4. The van der Waals surface area contributed by atoms with Crippen LogP contribution in [0, 0.1) is 12.8 Å². The summed E-state index contributed by atoms with van der Waals surface area (Å²) in [7, 11) is -4.21. The van der Waals surface area contributed by atoms with E-state index in [1.54, 1.807) is 25.1 Å². The lowest BCUT2D eigenvalue weighted by Gasteiger charge is -2.32. The van der Waals surface area contributed by atoms with Gasteiger partial charge in [0.1, 0.15) is 12.6 Å². The first-order valence-corrected chi connectivity index (χ1v) is 14.7. The molecule has 0 unspecified atom stereocenters. The molecule has 39 heavy (non-hydrogen) atoms. The Bertz CT molecular complexity index is 1400. The fourth-order valence-electron chi connectivity index (χ4n) is 3.84. The summed E-state index contributed by atoms with van der Waals surface area (Å²) < 4.78 is 28.5. The molecule has 1 N–H and O–H groups in total. The minimum absolute atomic E-state index is 0.00312. The van der Waals surface area contributed by atoms with Crippen molar-refractivity contribution in [1.82, 2.24) is 10.2 Å². The van der Waals surface area contributed by atoms with Crippen molar-refractivity contribution >= 4 is 50.7 Å². The van der Waals surface area contributed by atoms with Crippen LogP contribution in [0.15, 0.2) is 77.7 Å². The van der Waals surface area contributed by atoms with E-state index in [1.807, 2.05) is 45.0 Å². The number of amides is 2. The van der Waals surface area contributed by atoms with Crippen LogP contribution in [-0.4, -0.2) is 44.3 Å². The van der Waals surface area contributed by atoms with Gasteiger partial charge in [0.15, 0.2) is 0 Å². The molecule has 3 rings (SSSR count). The van der Waals surface area contributed by atoms with E-state index in [0.717, 1.165) is 15.4 Å². The third-order valence-corrected chi connectivity index (χ3v) is 8.43. The summed E-state index contributed by atoms with van der Waals surface area (Å²) in [6.45, 7) is 7.52. The minimum Gasteiger partial charge on any atom is -0.354 e. The maximum absolute atomic E-state index is 13.9. The van der Waals surface area contributed by atoms with Gasteiger partial charge in [-0.3, -0.25) is 13.9 Å². The lowest BCUT2D eigenvalue weighted by atomic mass is 10.1. The maximum Gasteiger partial charge on any atom is 0.264 e. The maximum atomic E-state index is 13.9. The van der Waals surface area contributed by atoms with Crippen molar-refractivity contribution < 1.29 is 18.0 Å². The van der Waals surface area contributed by atoms with Crippen LogP contribution >= 0.6 is 23.2 Å². The van der Waals surface area contributed by atoms with E-state index in [2.05, 4.69) is 5.32 Å². The van der Waals surface area contributed by atoms with Crippen LogP contribution in [-0.2, 0) is 26.2 Å². The van der Waals surface area contributed by atoms with Gasteiger partial charge in [-0.15, -0.1) is 0 Å². The molecule has 3 aromatic carbocycles. The predicted molar refractivity (Wildman–Crippen MR) is 156 cm³/mol. The number of anilines is 1. The van der Waals surface area contributed by atoms with E-state index >= 15 is 0 Å². The molecule has 0 bridgehead atoms. The summed E-state index contributed by atoms with van der Waals surface area (Å²) in [5.41, 5.74) is 1.96. The lowest BCUT2D eigenvalue weighted by molar-refractivity contribution is -0.139. The Morgan fingerprint density at radius 2 is 1.56 bits per heavy atom. The topological polar surface area (TPSA) is 86.8 Å². The van der Waals surface area contributed by atoms with Crippen LogP contribution in [0.2, 0.25) is 10.0 Å². The molecule has 1 atom stereocenters. The van der Waals surface area contributed by atoms with Gasteiger partial charge in [-0.1, -0.05) is 85.1 Å². The summed E-state index contributed by atoms with van der Waals surface area (Å²) in [6, 6.07) is 18.9. The fourth-order valence-corrected chi connectivity index (χ4v) is 5.86. The minimum atomic E-state index is -4.21. The second kappa shape index (κ2) is 13.3. The summed E-state index contributed by atoms with van der Waals surface area (Å²) >= 11 is 12.5. The highest BCUT2D eigenvalue weighted by molar-refractivity contribution is 7.92. The molecule has 7 nitrogen and oxygen atoms in total. The monoisotopic (exact) mass is 589 g/mol. The first-order chi connectivity index (χ1) is 18.4. The fraction of sp³-hybridized carbons (Fsp3) is 0.310. The van der Waals surface area contributed by atoms with Gasteiger partial charge in [0.2, 0.25) is 11.8 Å². The van der Waals surface area contributed by atoms with E-state index in [0.29, 0.717) is 11.6 Å². The summed E-state index contributed by atoms with van der Waals surface area (Å²) in [5.74, 6) is -0.666. The number of nitrogens with one attached hydrogen (secondary N) is 1. The first kappa shape index (κ1) is 30.5. The third-order valence-electron chi connectivity index (χ3n) is 6.11.